The molecule has 0 aliphatic heterocycles. The molecule has 0 fully saturated rings. The molecule has 0 aromatic carbocycles. The van der Waals surface area contributed by atoms with Crippen molar-refractivity contribution in [1.82, 2.24) is 0 Å². The van der Waals surface area contributed by atoms with Crippen LogP contribution < -0.4 is 23.6 Å². The second kappa shape index (κ2) is 16.4. The van der Waals surface area contributed by atoms with Gasteiger partial charge in [-0.2, -0.15) is 0 Å². The van der Waals surface area contributed by atoms with Crippen molar-refractivity contribution >= 4 is 31.7 Å². The Kier molecular flexibility index (Phi) is 24.8. The molecule has 120 valence electrons. The maximum atomic E-state index is 10.4. The standard InChI is InChI=1S/2C2HFO4.FH.Li.H3O4P/c2*3-7-2(6)1(4)5;;;1-5(2,3)4/h2*(H,4,5);1H;;(H3,1,2,3,4)/q;;;+1;/p-1. The molecule has 0 amide bonds. The van der Waals surface area contributed by atoms with Crippen molar-refractivity contribution in [3.63, 3.8) is 0 Å². The van der Waals surface area contributed by atoms with E-state index in [4.69, 9.17) is 29.5 Å². The van der Waals surface area contributed by atoms with Gasteiger partial charge in [-0.1, -0.05) is 0 Å². The van der Waals surface area contributed by atoms with Crippen LogP contribution in [-0.2, 0) is 33.6 Å². The summed E-state index contributed by atoms with van der Waals surface area (Å²) < 4.78 is 29.7. The minimum absolute atomic E-state index is 0. The molecule has 12 nitrogen and oxygen atoms in total. The van der Waals surface area contributed by atoms with Crippen molar-refractivity contribution in [2.45, 2.75) is 0 Å². The van der Waals surface area contributed by atoms with E-state index in [1.165, 1.54) is 0 Å². The second-order valence-corrected chi connectivity index (χ2v) is 2.88. The van der Waals surface area contributed by atoms with Crippen LogP contribution in [0.25, 0.3) is 0 Å². The van der Waals surface area contributed by atoms with Crippen LogP contribution in [0.2, 0.25) is 0 Å². The third kappa shape index (κ3) is 45.8. The number of hydrogen-bond donors (Lipinski definition) is 5. The molecule has 0 rings (SSSR count). The Balaban J connectivity index is -0.0000000590. The SMILES string of the molecule is O=C(O)C(=O)OF.O=C(O)C(=O)OF.O=P(O)(O)O.[F-].[Li+]. The van der Waals surface area contributed by atoms with Gasteiger partial charge in [0.05, 0.1) is 0 Å². The zero-order chi connectivity index (χ0) is 16.2. The fourth-order valence-corrected chi connectivity index (χ4v) is 0.0660. The Labute approximate surface area is 123 Å². The topological polar surface area (TPSA) is 205 Å². The van der Waals surface area contributed by atoms with Gasteiger partial charge >= 0.3 is 50.6 Å². The van der Waals surface area contributed by atoms with Gasteiger partial charge in [0.1, 0.15) is 0 Å². The molecule has 17 heteroatoms. The number of carbonyl (C=O) groups is 4. The summed E-state index contributed by atoms with van der Waals surface area (Å²) in [6.07, 6.45) is 0. The number of carboxylic acids is 2. The first-order chi connectivity index (χ1) is 8.36. The van der Waals surface area contributed by atoms with Crippen LogP contribution in [-0.4, -0.2) is 48.8 Å². The molecule has 0 saturated heterocycles. The van der Waals surface area contributed by atoms with Gasteiger partial charge in [-0.05, 0) is 0 Å². The van der Waals surface area contributed by atoms with Crippen LogP contribution in [0.5, 0.6) is 0 Å². The number of phosphoric acid groups is 1. The van der Waals surface area contributed by atoms with Crippen molar-refractivity contribution in [2.75, 3.05) is 0 Å². The van der Waals surface area contributed by atoms with Gasteiger partial charge in [0.2, 0.25) is 0 Å². The number of rotatable bonds is 0. The summed E-state index contributed by atoms with van der Waals surface area (Å²) in [5.74, 6) is -7.69. The first-order valence-electron chi connectivity index (χ1n) is 3.26. The van der Waals surface area contributed by atoms with E-state index in [2.05, 4.69) is 9.88 Å². The van der Waals surface area contributed by atoms with Gasteiger partial charge in [0.15, 0.2) is 0 Å². The van der Waals surface area contributed by atoms with Crippen molar-refractivity contribution in [3.8, 4) is 0 Å². The van der Waals surface area contributed by atoms with E-state index in [1.807, 2.05) is 0 Å². The normalized spacial score (nSPS) is 7.86. The van der Waals surface area contributed by atoms with Crippen LogP contribution in [0.4, 0.5) is 9.05 Å². The predicted octanol–water partition coefficient (Wildman–Crippen LogP) is -7.92. The molecule has 0 aliphatic carbocycles. The van der Waals surface area contributed by atoms with Gasteiger partial charge < -0.3 is 29.6 Å². The third-order valence-corrected chi connectivity index (χ3v) is 0.489. The number of carbonyl (C=O) groups excluding carboxylic acids is 2. The van der Waals surface area contributed by atoms with E-state index in [9.17, 15) is 28.2 Å². The fraction of sp³-hybridized carbons (Fsp3) is 0. The first kappa shape index (κ1) is 31.7. The van der Waals surface area contributed by atoms with Crippen LogP contribution in [0.15, 0.2) is 0 Å². The number of halogens is 3. The number of aliphatic carboxylic acids is 2. The minimum atomic E-state index is -4.64. The molecule has 0 radical (unpaired) electrons. The van der Waals surface area contributed by atoms with Gasteiger partial charge in [0, 0.05) is 9.05 Å². The van der Waals surface area contributed by atoms with Gasteiger partial charge in [-0.15, -0.1) is 0 Å². The monoisotopic (exact) mass is 340 g/mol. The molecular formula is C4H5F3LiO12P. The van der Waals surface area contributed by atoms with E-state index in [0.29, 0.717) is 0 Å². The molecule has 0 aliphatic rings. The van der Waals surface area contributed by atoms with Gasteiger partial charge in [0.25, 0.3) is 0 Å². The molecule has 0 aromatic heterocycles. The third-order valence-electron chi connectivity index (χ3n) is 0.489. The predicted molar refractivity (Wildman–Crippen MR) is 43.9 cm³/mol. The molecule has 0 aromatic rings. The molecule has 0 saturated carbocycles. The van der Waals surface area contributed by atoms with E-state index in [-0.39, 0.29) is 23.6 Å². The summed E-state index contributed by atoms with van der Waals surface area (Å²) in [5, 5.41) is 14.9. The van der Waals surface area contributed by atoms with Crippen LogP contribution in [0.3, 0.4) is 0 Å². The zero-order valence-corrected chi connectivity index (χ0v) is 10.6. The van der Waals surface area contributed by atoms with E-state index in [1.54, 1.807) is 0 Å². The minimum Gasteiger partial charge on any atom is -1.00 e. The molecule has 0 heterocycles. The summed E-state index contributed by atoms with van der Waals surface area (Å²) in [6, 6.07) is 0. The second-order valence-electron chi connectivity index (χ2n) is 1.85. The molecule has 0 unspecified atom stereocenters. The Morgan fingerprint density at radius 2 is 0.952 bits per heavy atom. The van der Waals surface area contributed by atoms with E-state index < -0.39 is 31.7 Å². The molecule has 5 N–H and O–H groups in total. The first-order valence-corrected chi connectivity index (χ1v) is 4.83. The molecule has 21 heavy (non-hydrogen) atoms. The maximum Gasteiger partial charge on any atom is 1.00 e. The van der Waals surface area contributed by atoms with E-state index >= 15 is 0 Å². The Bertz CT molecular complexity index is 346. The fourth-order valence-electron chi connectivity index (χ4n) is 0.0660. The number of carboxylic acid groups (broad SMARTS) is 2. The Morgan fingerprint density at radius 1 is 0.810 bits per heavy atom. The average molecular weight is 340 g/mol. The molecular weight excluding hydrogens is 335 g/mol. The maximum absolute atomic E-state index is 10.4. The van der Waals surface area contributed by atoms with Crippen LogP contribution >= 0.6 is 7.82 Å². The van der Waals surface area contributed by atoms with Gasteiger partial charge in [-0.3, -0.25) is 0 Å². The summed E-state index contributed by atoms with van der Waals surface area (Å²) in [4.78, 5) is 63.2. The summed E-state index contributed by atoms with van der Waals surface area (Å²) >= 11 is 0. The number of hydrogen-bond acceptors (Lipinski definition) is 7. The van der Waals surface area contributed by atoms with Crippen molar-refractivity contribution in [2.24, 2.45) is 0 Å². The molecule has 0 bridgehead atoms. The Morgan fingerprint density at radius 3 is 0.952 bits per heavy atom. The van der Waals surface area contributed by atoms with Crippen molar-refractivity contribution in [1.29, 1.82) is 0 Å². The molecule has 0 atom stereocenters. The van der Waals surface area contributed by atoms with Crippen LogP contribution in [0, 0.1) is 0 Å². The van der Waals surface area contributed by atoms with Crippen LogP contribution in [0.1, 0.15) is 0 Å². The van der Waals surface area contributed by atoms with Crippen molar-refractivity contribution < 1.29 is 91.1 Å². The van der Waals surface area contributed by atoms with E-state index in [0.717, 1.165) is 0 Å². The summed E-state index contributed by atoms with van der Waals surface area (Å²) in [6.45, 7) is 0. The Hall–Kier alpha value is -1.62. The average Bonchev–Trinajstić information content (AvgIpc) is 2.25. The summed E-state index contributed by atoms with van der Waals surface area (Å²) in [5.41, 5.74) is 0. The largest absolute Gasteiger partial charge is 1.00 e. The van der Waals surface area contributed by atoms with Crippen molar-refractivity contribution in [3.05, 3.63) is 0 Å². The quantitative estimate of drug-likeness (QED) is 0.158. The van der Waals surface area contributed by atoms with Gasteiger partial charge in [-0.25, -0.2) is 33.6 Å². The summed E-state index contributed by atoms with van der Waals surface area (Å²) in [7, 11) is -4.64. The molecule has 0 spiro atoms. The zero-order valence-electron chi connectivity index (χ0n) is 9.67. The smallest absolute Gasteiger partial charge is 1.00 e.